The minimum Gasteiger partial charge on any atom is -0.454 e. The maximum Gasteiger partial charge on any atom is 0.252 e. The van der Waals surface area contributed by atoms with Crippen LogP contribution in [0, 0.1) is 5.92 Å². The van der Waals surface area contributed by atoms with Crippen molar-refractivity contribution in [3.8, 4) is 11.5 Å². The Morgan fingerprint density at radius 2 is 1.79 bits per heavy atom. The summed E-state index contributed by atoms with van der Waals surface area (Å²) in [6.45, 7) is 7.91. The molecule has 2 aliphatic rings. The minimum atomic E-state index is -0.623. The molecule has 0 bridgehead atoms. The molecule has 0 aliphatic carbocycles. The van der Waals surface area contributed by atoms with Crippen LogP contribution < -0.4 is 14.8 Å². The fourth-order valence-corrected chi connectivity index (χ4v) is 3.92. The molecule has 29 heavy (non-hydrogen) atoms. The second-order valence-electron chi connectivity index (χ2n) is 7.37. The van der Waals surface area contributed by atoms with Gasteiger partial charge in [0.2, 0.25) is 18.6 Å². The summed E-state index contributed by atoms with van der Waals surface area (Å²) in [5.74, 6) is 0.761. The zero-order chi connectivity index (χ0) is 21.0. The van der Waals surface area contributed by atoms with Gasteiger partial charge in [-0.15, -0.1) is 0 Å². The van der Waals surface area contributed by atoms with Crippen molar-refractivity contribution in [3.05, 3.63) is 23.8 Å². The van der Waals surface area contributed by atoms with Gasteiger partial charge in [0.1, 0.15) is 6.04 Å². The van der Waals surface area contributed by atoms with E-state index in [1.54, 1.807) is 34.9 Å². The Morgan fingerprint density at radius 3 is 2.41 bits per heavy atom. The SMILES string of the molecule is CCN(CC)C(=O)C(NC(=O)c1ccc2c(c1)OCO2)C1CCN(C(C)=O)CC1. The number of piperidine rings is 1. The Bertz CT molecular complexity index is 770. The molecule has 0 radical (unpaired) electrons. The van der Waals surface area contributed by atoms with Crippen molar-refractivity contribution in [2.45, 2.75) is 39.7 Å². The number of fused-ring (bicyclic) bond motifs is 1. The van der Waals surface area contributed by atoms with Gasteiger partial charge in [-0.3, -0.25) is 14.4 Å². The van der Waals surface area contributed by atoms with E-state index < -0.39 is 6.04 Å². The van der Waals surface area contributed by atoms with Crippen molar-refractivity contribution < 1.29 is 23.9 Å². The number of hydrogen-bond acceptors (Lipinski definition) is 5. The van der Waals surface area contributed by atoms with Crippen molar-refractivity contribution in [1.29, 1.82) is 0 Å². The van der Waals surface area contributed by atoms with Crippen LogP contribution in [0.15, 0.2) is 18.2 Å². The third-order valence-corrected chi connectivity index (χ3v) is 5.72. The van der Waals surface area contributed by atoms with E-state index >= 15 is 0 Å². The second-order valence-corrected chi connectivity index (χ2v) is 7.37. The van der Waals surface area contributed by atoms with Gasteiger partial charge in [0.25, 0.3) is 5.91 Å². The highest BCUT2D eigenvalue weighted by Gasteiger charge is 2.35. The van der Waals surface area contributed by atoms with E-state index in [4.69, 9.17) is 9.47 Å². The molecule has 0 spiro atoms. The summed E-state index contributed by atoms with van der Waals surface area (Å²) in [7, 11) is 0. The van der Waals surface area contributed by atoms with E-state index in [1.165, 1.54) is 0 Å². The average molecular weight is 403 g/mol. The molecule has 1 atom stereocenters. The highest BCUT2D eigenvalue weighted by atomic mass is 16.7. The lowest BCUT2D eigenvalue weighted by Crippen LogP contribution is -2.54. The van der Waals surface area contributed by atoms with Gasteiger partial charge in [0.05, 0.1) is 0 Å². The number of amides is 3. The van der Waals surface area contributed by atoms with Crippen molar-refractivity contribution in [3.63, 3.8) is 0 Å². The van der Waals surface area contributed by atoms with E-state index in [-0.39, 0.29) is 30.4 Å². The van der Waals surface area contributed by atoms with Gasteiger partial charge in [-0.1, -0.05) is 0 Å². The first-order valence-corrected chi connectivity index (χ1v) is 10.2. The predicted octanol–water partition coefficient (Wildman–Crippen LogP) is 1.64. The molecule has 2 aliphatic heterocycles. The summed E-state index contributed by atoms with van der Waals surface area (Å²) in [6, 6.07) is 4.38. The fraction of sp³-hybridized carbons (Fsp3) is 0.571. The summed E-state index contributed by atoms with van der Waals surface area (Å²) >= 11 is 0. The predicted molar refractivity (Wildman–Crippen MR) is 107 cm³/mol. The zero-order valence-corrected chi connectivity index (χ0v) is 17.3. The number of likely N-dealkylation sites (tertiary alicyclic amines) is 1. The number of benzene rings is 1. The van der Waals surface area contributed by atoms with Crippen LogP contribution in [0.3, 0.4) is 0 Å². The van der Waals surface area contributed by atoms with E-state index in [0.29, 0.717) is 56.1 Å². The molecular formula is C21H29N3O5. The maximum atomic E-state index is 13.2. The molecule has 3 amide bonds. The van der Waals surface area contributed by atoms with Crippen LogP contribution in [0.2, 0.25) is 0 Å². The molecule has 1 unspecified atom stereocenters. The summed E-state index contributed by atoms with van der Waals surface area (Å²) in [5, 5.41) is 2.96. The Labute approximate surface area is 171 Å². The second kappa shape index (κ2) is 9.15. The Morgan fingerprint density at radius 1 is 1.14 bits per heavy atom. The molecule has 8 nitrogen and oxygen atoms in total. The standard InChI is InChI=1S/C21H29N3O5/c1-4-23(5-2)21(27)19(15-8-10-24(11-9-15)14(3)25)22-20(26)16-6-7-17-18(12-16)29-13-28-17/h6-7,12,15,19H,4-5,8-11,13H2,1-3H3,(H,22,26). The van der Waals surface area contributed by atoms with Crippen LogP contribution in [0.5, 0.6) is 11.5 Å². The third kappa shape index (κ3) is 4.63. The monoisotopic (exact) mass is 403 g/mol. The lowest BCUT2D eigenvalue weighted by Gasteiger charge is -2.37. The quantitative estimate of drug-likeness (QED) is 0.780. The van der Waals surface area contributed by atoms with E-state index in [1.807, 2.05) is 13.8 Å². The number of ether oxygens (including phenoxy) is 2. The summed E-state index contributed by atoms with van der Waals surface area (Å²) in [6.07, 6.45) is 1.36. The van der Waals surface area contributed by atoms with Gasteiger partial charge in [0, 0.05) is 38.7 Å². The number of carbonyl (C=O) groups excluding carboxylic acids is 3. The number of likely N-dealkylation sites (N-methyl/N-ethyl adjacent to an activating group) is 1. The lowest BCUT2D eigenvalue weighted by atomic mass is 9.88. The van der Waals surface area contributed by atoms with Gasteiger partial charge >= 0.3 is 0 Å². The highest BCUT2D eigenvalue weighted by molar-refractivity contribution is 5.98. The molecule has 1 saturated heterocycles. The normalized spacial score (nSPS) is 17.0. The van der Waals surface area contributed by atoms with Crippen LogP contribution in [-0.2, 0) is 9.59 Å². The van der Waals surface area contributed by atoms with Crippen LogP contribution in [0.4, 0.5) is 0 Å². The number of nitrogens with one attached hydrogen (secondary N) is 1. The van der Waals surface area contributed by atoms with Crippen molar-refractivity contribution in [2.24, 2.45) is 5.92 Å². The molecule has 2 heterocycles. The summed E-state index contributed by atoms with van der Waals surface area (Å²) < 4.78 is 10.6. The molecule has 1 N–H and O–H groups in total. The van der Waals surface area contributed by atoms with Gasteiger partial charge < -0.3 is 24.6 Å². The smallest absolute Gasteiger partial charge is 0.252 e. The number of carbonyl (C=O) groups is 3. The van der Waals surface area contributed by atoms with E-state index in [0.717, 1.165) is 0 Å². The molecule has 0 aromatic heterocycles. The van der Waals surface area contributed by atoms with Crippen molar-refractivity contribution in [2.75, 3.05) is 33.0 Å². The van der Waals surface area contributed by atoms with Crippen molar-refractivity contribution in [1.82, 2.24) is 15.1 Å². The molecule has 3 rings (SSSR count). The maximum absolute atomic E-state index is 13.2. The molecule has 1 aromatic carbocycles. The molecular weight excluding hydrogens is 374 g/mol. The Balaban J connectivity index is 1.76. The number of rotatable bonds is 6. The van der Waals surface area contributed by atoms with Gasteiger partial charge in [-0.05, 0) is 50.8 Å². The first-order valence-electron chi connectivity index (χ1n) is 10.2. The fourth-order valence-electron chi connectivity index (χ4n) is 3.92. The molecule has 0 saturated carbocycles. The van der Waals surface area contributed by atoms with Crippen LogP contribution >= 0.6 is 0 Å². The zero-order valence-electron chi connectivity index (χ0n) is 17.3. The lowest BCUT2D eigenvalue weighted by molar-refractivity contribution is -0.135. The Kier molecular flexibility index (Phi) is 6.61. The molecule has 1 fully saturated rings. The first-order chi connectivity index (χ1) is 13.9. The summed E-state index contributed by atoms with van der Waals surface area (Å²) in [4.78, 5) is 41.2. The average Bonchev–Trinajstić information content (AvgIpc) is 3.20. The number of nitrogens with zero attached hydrogens (tertiary/aromatic N) is 2. The molecule has 1 aromatic rings. The summed E-state index contributed by atoms with van der Waals surface area (Å²) in [5.41, 5.74) is 0.424. The highest BCUT2D eigenvalue weighted by Crippen LogP contribution is 2.32. The number of hydrogen-bond donors (Lipinski definition) is 1. The molecule has 8 heteroatoms. The first kappa shape index (κ1) is 21.0. The van der Waals surface area contributed by atoms with E-state index in [9.17, 15) is 14.4 Å². The Hall–Kier alpha value is -2.77. The van der Waals surface area contributed by atoms with Crippen LogP contribution in [0.25, 0.3) is 0 Å². The van der Waals surface area contributed by atoms with Gasteiger partial charge in [0.15, 0.2) is 11.5 Å². The largest absolute Gasteiger partial charge is 0.454 e. The van der Waals surface area contributed by atoms with Crippen LogP contribution in [-0.4, -0.2) is 66.5 Å². The van der Waals surface area contributed by atoms with Gasteiger partial charge in [-0.25, -0.2) is 0 Å². The third-order valence-electron chi connectivity index (χ3n) is 5.72. The topological polar surface area (TPSA) is 88.2 Å². The van der Waals surface area contributed by atoms with Crippen LogP contribution in [0.1, 0.15) is 44.0 Å². The van der Waals surface area contributed by atoms with Gasteiger partial charge in [-0.2, -0.15) is 0 Å². The minimum absolute atomic E-state index is 0.0170. The van der Waals surface area contributed by atoms with Crippen molar-refractivity contribution >= 4 is 17.7 Å². The molecule has 158 valence electrons. The van der Waals surface area contributed by atoms with E-state index in [2.05, 4.69) is 5.32 Å².